The second-order valence-electron chi connectivity index (χ2n) is 13.6. The lowest BCUT2D eigenvalue weighted by Crippen LogP contribution is -2.41. The predicted octanol–water partition coefficient (Wildman–Crippen LogP) is 2.55. The van der Waals surface area contributed by atoms with E-state index in [0.29, 0.717) is 42.9 Å². The normalized spacial score (nSPS) is 12.2. The summed E-state index contributed by atoms with van der Waals surface area (Å²) in [6.07, 6.45) is 2.33. The van der Waals surface area contributed by atoms with Gasteiger partial charge in [-0.2, -0.15) is 4.98 Å². The Balaban J connectivity index is 1.15. The molecular weight excluding hydrogens is 683 g/mol. The number of hydrogen-bond acceptors (Lipinski definition) is 12. The van der Waals surface area contributed by atoms with Crippen LogP contribution in [-0.4, -0.2) is 86.4 Å². The maximum absolute atomic E-state index is 12.8. The summed E-state index contributed by atoms with van der Waals surface area (Å²) in [5.41, 5.74) is 5.64. The number of aromatic nitrogens is 4. The van der Waals surface area contributed by atoms with Gasteiger partial charge in [-0.25, -0.2) is 14.8 Å². The number of ether oxygens (including phenoxy) is 1. The van der Waals surface area contributed by atoms with E-state index in [4.69, 9.17) is 15.1 Å². The van der Waals surface area contributed by atoms with E-state index in [1.807, 2.05) is 45.9 Å². The fraction of sp³-hybridized carbons (Fsp3) is 0.389. The first kappa shape index (κ1) is 40.1. The molecule has 0 saturated heterocycles. The molecule has 4 aromatic rings. The van der Waals surface area contributed by atoms with E-state index in [0.717, 1.165) is 0 Å². The smallest absolute Gasteiger partial charge is 0.351 e. The number of fused-ring (bicyclic) bond motifs is 1. The monoisotopic (exact) mass is 728 g/mol. The van der Waals surface area contributed by atoms with Gasteiger partial charge in [-0.15, -0.1) is 0 Å². The lowest BCUT2D eigenvalue weighted by Gasteiger charge is -2.30. The molecule has 17 heteroatoms. The molecule has 0 aliphatic carbocycles. The number of amides is 2. The Labute approximate surface area is 307 Å². The molecule has 2 amide bonds. The fourth-order valence-electron chi connectivity index (χ4n) is 5.03. The number of rotatable bonds is 20. The van der Waals surface area contributed by atoms with Gasteiger partial charge in [0.2, 0.25) is 5.95 Å². The first-order valence-corrected chi connectivity index (χ1v) is 17.1. The molecule has 7 N–H and O–H groups in total. The van der Waals surface area contributed by atoms with E-state index in [2.05, 4.69) is 35.9 Å². The molecule has 1 unspecified atom stereocenters. The number of aromatic amines is 1. The first-order chi connectivity index (χ1) is 25.1. The molecule has 2 aromatic heterocycles. The van der Waals surface area contributed by atoms with Crippen molar-refractivity contribution in [3.05, 3.63) is 88.0 Å². The van der Waals surface area contributed by atoms with Crippen molar-refractivity contribution in [2.45, 2.75) is 77.2 Å². The van der Waals surface area contributed by atoms with Crippen LogP contribution in [0.2, 0.25) is 0 Å². The van der Waals surface area contributed by atoms with Crippen LogP contribution < -0.4 is 27.2 Å². The van der Waals surface area contributed by atoms with Crippen LogP contribution in [0, 0.1) is 0 Å². The second-order valence-corrected chi connectivity index (χ2v) is 13.6. The van der Waals surface area contributed by atoms with Crippen molar-refractivity contribution in [1.82, 2.24) is 30.6 Å². The van der Waals surface area contributed by atoms with Crippen molar-refractivity contribution in [3.63, 3.8) is 0 Å². The zero-order chi connectivity index (χ0) is 38.6. The third-order valence-electron chi connectivity index (χ3n) is 8.29. The summed E-state index contributed by atoms with van der Waals surface area (Å²) < 4.78 is 11.9. The van der Waals surface area contributed by atoms with Crippen LogP contribution in [-0.2, 0) is 25.5 Å². The number of carboxylic acid groups (broad SMARTS) is 1. The number of hydrogen-bond donors (Lipinski definition) is 6. The maximum atomic E-state index is 12.8. The minimum Gasteiger partial charge on any atom is -0.480 e. The van der Waals surface area contributed by atoms with E-state index in [1.54, 1.807) is 24.3 Å². The van der Waals surface area contributed by atoms with Gasteiger partial charge in [0, 0.05) is 42.0 Å². The largest absolute Gasteiger partial charge is 0.480 e. The van der Waals surface area contributed by atoms with E-state index in [-0.39, 0.29) is 61.1 Å². The number of benzene rings is 2. The minimum absolute atomic E-state index is 0.0538. The Bertz CT molecular complexity index is 1950. The molecule has 16 nitrogen and oxygen atoms in total. The second kappa shape index (κ2) is 18.2. The molecule has 2 aromatic carbocycles. The van der Waals surface area contributed by atoms with E-state index in [9.17, 15) is 29.1 Å². The Morgan fingerprint density at radius 3 is 2.34 bits per heavy atom. The molecule has 0 fully saturated rings. The maximum Gasteiger partial charge on any atom is 0.351 e. The number of anilines is 2. The lowest BCUT2D eigenvalue weighted by atomic mass is 9.86. The van der Waals surface area contributed by atoms with Gasteiger partial charge in [0.15, 0.2) is 11.2 Å². The number of carboxylic acids is 1. The molecule has 0 aliphatic rings. The van der Waals surface area contributed by atoms with Crippen LogP contribution in [0.4, 0.5) is 11.6 Å². The van der Waals surface area contributed by atoms with Crippen molar-refractivity contribution < 1.29 is 33.7 Å². The summed E-state index contributed by atoms with van der Waals surface area (Å²) in [5, 5.41) is 18.2. The number of carbonyl (C=O) groups excluding carboxylic acids is 3. The number of nitrogen functional groups attached to an aromatic ring is 1. The number of nitrogens with zero attached hydrogens (tertiary/aromatic N) is 3. The van der Waals surface area contributed by atoms with Gasteiger partial charge >= 0.3 is 13.5 Å². The van der Waals surface area contributed by atoms with Crippen molar-refractivity contribution in [2.24, 2.45) is 0 Å². The quantitative estimate of drug-likeness (QED) is 0.0718. The molecule has 0 saturated carbocycles. The Morgan fingerprint density at radius 1 is 0.943 bits per heavy atom. The Kier molecular flexibility index (Phi) is 13.8. The summed E-state index contributed by atoms with van der Waals surface area (Å²) in [5.74, 6) is -2.07. The average Bonchev–Trinajstić information content (AvgIpc) is 3.11. The highest BCUT2D eigenvalue weighted by atomic mass is 16.5. The first-order valence-electron chi connectivity index (χ1n) is 17.1. The highest BCUT2D eigenvalue weighted by Crippen LogP contribution is 2.19. The van der Waals surface area contributed by atoms with Crippen LogP contribution in [0.15, 0.2) is 65.6 Å². The van der Waals surface area contributed by atoms with E-state index in [1.165, 1.54) is 18.3 Å². The number of nitrogens with one attached hydrogen (secondary N) is 4. The zero-order valence-electron chi connectivity index (χ0n) is 30.2. The number of aliphatic carboxylic acids is 1. The predicted molar refractivity (Wildman–Crippen MR) is 200 cm³/mol. The van der Waals surface area contributed by atoms with Crippen LogP contribution in [0.25, 0.3) is 11.2 Å². The summed E-state index contributed by atoms with van der Waals surface area (Å²) in [6, 6.07) is 14.0. The molecule has 280 valence electrons. The summed E-state index contributed by atoms with van der Waals surface area (Å²) in [7, 11) is -0.219. The van der Waals surface area contributed by atoms with Crippen molar-refractivity contribution in [2.75, 3.05) is 24.2 Å². The van der Waals surface area contributed by atoms with Gasteiger partial charge in [0.25, 0.3) is 17.4 Å². The molecular formula is C36H45BN8O8. The van der Waals surface area contributed by atoms with Gasteiger partial charge in [0.1, 0.15) is 11.7 Å². The zero-order valence-corrected chi connectivity index (χ0v) is 30.2. The SMILES string of the molecule is CC(C)(CCOC(C)(C)CCNC(=O)c1ccccc1)OBC(=O)CCC(NC(=O)c1ccc(NCc2cnc3nc(N)[nH]c(=O)c3n2)cc1)C(=O)O. The molecule has 2 heterocycles. The van der Waals surface area contributed by atoms with Crippen LogP contribution in [0.3, 0.4) is 0 Å². The minimum atomic E-state index is -1.29. The molecule has 0 spiro atoms. The standard InChI is InChI=1S/C36H45BN8O8/c1-35(2,16-18-39-30(47)22-8-6-5-7-9-22)52-19-17-36(3,4)53-37-27(46)15-14-26(33(50)51)43-31(48)23-10-12-24(13-11-23)40-20-25-21-41-29-28(42-25)32(49)45-34(38)44-29/h5-13,21,26,37,40H,14-20H2,1-4H3,(H,39,47)(H,43,48)(H,50,51)(H3,38,41,44,45,49). The number of nitrogens with two attached hydrogens (primary N) is 1. The molecule has 0 radical (unpaired) electrons. The summed E-state index contributed by atoms with van der Waals surface area (Å²) in [4.78, 5) is 76.5. The third-order valence-corrected chi connectivity index (χ3v) is 8.29. The Hall–Kier alpha value is -5.68. The van der Waals surface area contributed by atoms with Gasteiger partial charge < -0.3 is 41.0 Å². The van der Waals surface area contributed by atoms with E-state index < -0.39 is 34.7 Å². The van der Waals surface area contributed by atoms with Gasteiger partial charge in [0.05, 0.1) is 24.0 Å². The average molecular weight is 729 g/mol. The highest BCUT2D eigenvalue weighted by molar-refractivity contribution is 6.69. The molecule has 0 bridgehead atoms. The van der Waals surface area contributed by atoms with Crippen LogP contribution >= 0.6 is 0 Å². The fourth-order valence-corrected chi connectivity index (χ4v) is 5.03. The van der Waals surface area contributed by atoms with Crippen LogP contribution in [0.1, 0.15) is 79.8 Å². The lowest BCUT2D eigenvalue weighted by molar-refractivity contribution is -0.139. The van der Waals surface area contributed by atoms with Crippen molar-refractivity contribution in [1.29, 1.82) is 0 Å². The Morgan fingerprint density at radius 2 is 1.64 bits per heavy atom. The topological polar surface area (TPSA) is 241 Å². The molecule has 53 heavy (non-hydrogen) atoms. The molecule has 0 aliphatic heterocycles. The van der Waals surface area contributed by atoms with Crippen molar-refractivity contribution >= 4 is 53.7 Å². The van der Waals surface area contributed by atoms with Crippen LogP contribution in [0.5, 0.6) is 0 Å². The van der Waals surface area contributed by atoms with Gasteiger partial charge in [-0.3, -0.25) is 19.4 Å². The molecule has 4 rings (SSSR count). The summed E-state index contributed by atoms with van der Waals surface area (Å²) >= 11 is 0. The summed E-state index contributed by atoms with van der Waals surface area (Å²) in [6.45, 7) is 8.59. The number of H-pyrrole nitrogens is 1. The third kappa shape index (κ3) is 12.8. The van der Waals surface area contributed by atoms with Gasteiger partial charge in [-0.05, 0) is 83.4 Å². The highest BCUT2D eigenvalue weighted by Gasteiger charge is 2.26. The van der Waals surface area contributed by atoms with Crippen molar-refractivity contribution in [3.8, 4) is 0 Å². The van der Waals surface area contributed by atoms with E-state index >= 15 is 0 Å². The van der Waals surface area contributed by atoms with Gasteiger partial charge in [-0.1, -0.05) is 18.2 Å². The molecule has 1 atom stereocenters. The number of carbonyl (C=O) groups is 4.